The smallest absolute Gasteiger partial charge is 0.227 e. The van der Waals surface area contributed by atoms with E-state index in [-0.39, 0.29) is 12.4 Å². The van der Waals surface area contributed by atoms with Gasteiger partial charge in [0, 0.05) is 33.3 Å². The fraction of sp³-hybridized carbons (Fsp3) is 0.320. The van der Waals surface area contributed by atoms with Crippen molar-refractivity contribution in [1.29, 1.82) is 0 Å². The molecule has 1 aliphatic heterocycles. The van der Waals surface area contributed by atoms with Crippen molar-refractivity contribution in [3.05, 3.63) is 68.8 Å². The van der Waals surface area contributed by atoms with Crippen molar-refractivity contribution in [1.82, 2.24) is 14.8 Å². The highest BCUT2D eigenvalue weighted by Crippen LogP contribution is 2.42. The summed E-state index contributed by atoms with van der Waals surface area (Å²) in [6.45, 7) is 2.25. The van der Waals surface area contributed by atoms with E-state index in [1.54, 1.807) is 41.8 Å². The lowest BCUT2D eigenvalue weighted by atomic mass is 9.85. The summed E-state index contributed by atoms with van der Waals surface area (Å²) >= 11 is 14.1. The Labute approximate surface area is 217 Å². The van der Waals surface area contributed by atoms with E-state index in [9.17, 15) is 4.79 Å². The molecule has 5 rings (SSSR count). The molecule has 3 aromatic rings. The van der Waals surface area contributed by atoms with Gasteiger partial charge in [0.25, 0.3) is 0 Å². The lowest BCUT2D eigenvalue weighted by Crippen LogP contribution is -2.31. The minimum absolute atomic E-state index is 0.127. The Morgan fingerprint density at radius 1 is 1.17 bits per heavy atom. The number of ether oxygens (including phenoxy) is 2. The number of halogens is 2. The van der Waals surface area contributed by atoms with E-state index < -0.39 is 6.04 Å². The molecule has 0 radical (unpaired) electrons. The van der Waals surface area contributed by atoms with Crippen LogP contribution in [0.4, 0.5) is 5.95 Å². The topological polar surface area (TPSA) is 78.3 Å². The molecule has 0 saturated heterocycles. The molecule has 2 aliphatic rings. The van der Waals surface area contributed by atoms with Gasteiger partial charge in [-0.2, -0.15) is 4.98 Å². The number of methoxy groups -OCH3 is 1. The molecule has 1 atom stereocenters. The Balaban J connectivity index is 1.52. The number of carbonyl (C=O) groups is 1. The average molecular weight is 531 g/mol. The van der Waals surface area contributed by atoms with Gasteiger partial charge in [0.15, 0.2) is 17.3 Å². The first-order valence-electron chi connectivity index (χ1n) is 11.4. The molecule has 7 nitrogen and oxygen atoms in total. The molecule has 1 N–H and O–H groups in total. The van der Waals surface area contributed by atoms with Gasteiger partial charge in [-0.3, -0.25) is 4.79 Å². The van der Waals surface area contributed by atoms with Gasteiger partial charge in [-0.05, 0) is 48.4 Å². The largest absolute Gasteiger partial charge is 0.493 e. The lowest BCUT2D eigenvalue weighted by molar-refractivity contribution is -0.116. The van der Waals surface area contributed by atoms with Crippen molar-refractivity contribution in [2.24, 2.45) is 0 Å². The molecule has 1 unspecified atom stereocenters. The lowest BCUT2D eigenvalue weighted by Gasteiger charge is -2.32. The van der Waals surface area contributed by atoms with Crippen LogP contribution >= 0.6 is 35.0 Å². The van der Waals surface area contributed by atoms with Gasteiger partial charge in [0.05, 0.1) is 7.11 Å². The van der Waals surface area contributed by atoms with Gasteiger partial charge in [-0.25, -0.2) is 4.68 Å². The number of fused-ring (bicyclic) bond motifs is 1. The summed E-state index contributed by atoms with van der Waals surface area (Å²) in [5.41, 5.74) is 3.23. The van der Waals surface area contributed by atoms with Crippen LogP contribution < -0.4 is 14.8 Å². The molecule has 182 valence electrons. The van der Waals surface area contributed by atoms with E-state index in [4.69, 9.17) is 37.8 Å². The van der Waals surface area contributed by atoms with E-state index in [2.05, 4.69) is 17.2 Å². The average Bonchev–Trinajstić information content (AvgIpc) is 3.25. The minimum Gasteiger partial charge on any atom is -0.493 e. The SMILES string of the molecule is CCSc1nc2n(n1)C(c1ccc(OCc3c(Cl)cccc3Cl)c(OC)c1)C1=C(CCCC1=O)N2. The van der Waals surface area contributed by atoms with Crippen LogP contribution in [-0.2, 0) is 11.4 Å². The summed E-state index contributed by atoms with van der Waals surface area (Å²) < 4.78 is 13.5. The second kappa shape index (κ2) is 10.1. The van der Waals surface area contributed by atoms with Gasteiger partial charge in [-0.15, -0.1) is 5.10 Å². The summed E-state index contributed by atoms with van der Waals surface area (Å²) in [7, 11) is 1.59. The van der Waals surface area contributed by atoms with E-state index in [1.165, 1.54) is 0 Å². The maximum Gasteiger partial charge on any atom is 0.227 e. The molecule has 0 bridgehead atoms. The predicted octanol–water partition coefficient (Wildman–Crippen LogP) is 6.31. The molecule has 2 heterocycles. The van der Waals surface area contributed by atoms with Crippen LogP contribution in [0.15, 0.2) is 52.8 Å². The van der Waals surface area contributed by atoms with Crippen LogP contribution in [0.25, 0.3) is 0 Å². The molecule has 0 amide bonds. The molecular weight excluding hydrogens is 507 g/mol. The van der Waals surface area contributed by atoms with E-state index >= 15 is 0 Å². The number of thioether (sulfide) groups is 1. The van der Waals surface area contributed by atoms with Gasteiger partial charge >= 0.3 is 0 Å². The molecule has 0 saturated carbocycles. The molecule has 10 heteroatoms. The van der Waals surface area contributed by atoms with Crippen LogP contribution in [0.2, 0.25) is 10.0 Å². The number of aromatic nitrogens is 3. The molecule has 35 heavy (non-hydrogen) atoms. The molecular formula is C25H24Cl2N4O3S. The number of nitrogens with one attached hydrogen (secondary N) is 1. The third-order valence-corrected chi connectivity index (χ3v) is 7.49. The number of allylic oxidation sites excluding steroid dienone is 2. The Hall–Kier alpha value is -2.68. The summed E-state index contributed by atoms with van der Waals surface area (Å²) in [5, 5.41) is 9.82. The molecule has 0 spiro atoms. The highest BCUT2D eigenvalue weighted by molar-refractivity contribution is 7.99. The minimum atomic E-state index is -0.395. The monoisotopic (exact) mass is 530 g/mol. The van der Waals surface area contributed by atoms with Crippen molar-refractivity contribution in [3.8, 4) is 11.5 Å². The zero-order valence-electron chi connectivity index (χ0n) is 19.3. The first-order chi connectivity index (χ1) is 17.0. The van der Waals surface area contributed by atoms with Crippen molar-refractivity contribution in [3.63, 3.8) is 0 Å². The zero-order valence-corrected chi connectivity index (χ0v) is 21.6. The highest BCUT2D eigenvalue weighted by atomic mass is 35.5. The number of benzene rings is 2. The summed E-state index contributed by atoms with van der Waals surface area (Å²) in [5.74, 6) is 2.72. The maximum atomic E-state index is 13.1. The van der Waals surface area contributed by atoms with Gasteiger partial charge in [-0.1, -0.05) is 54.0 Å². The molecule has 0 fully saturated rings. The third-order valence-electron chi connectivity index (χ3n) is 6.06. The Kier molecular flexibility index (Phi) is 6.95. The van der Waals surface area contributed by atoms with Crippen LogP contribution in [0.3, 0.4) is 0 Å². The Morgan fingerprint density at radius 2 is 1.97 bits per heavy atom. The van der Waals surface area contributed by atoms with Crippen LogP contribution in [-0.4, -0.2) is 33.4 Å². The number of rotatable bonds is 7. The van der Waals surface area contributed by atoms with Gasteiger partial charge in [0.2, 0.25) is 11.1 Å². The van der Waals surface area contributed by atoms with Gasteiger partial charge < -0.3 is 14.8 Å². The van der Waals surface area contributed by atoms with Crippen molar-refractivity contribution in [2.75, 3.05) is 18.2 Å². The number of ketones is 1. The Bertz CT molecular complexity index is 1300. The van der Waals surface area contributed by atoms with Gasteiger partial charge in [0.1, 0.15) is 12.6 Å². The number of Topliss-reactive ketones (excluding diaryl/α,β-unsaturated/α-hetero) is 1. The van der Waals surface area contributed by atoms with Crippen LogP contribution in [0, 0.1) is 0 Å². The maximum absolute atomic E-state index is 13.1. The quantitative estimate of drug-likeness (QED) is 0.358. The second-order valence-corrected chi connectivity index (χ2v) is 10.2. The molecule has 1 aliphatic carbocycles. The van der Waals surface area contributed by atoms with E-state index in [0.29, 0.717) is 44.6 Å². The van der Waals surface area contributed by atoms with Crippen molar-refractivity contribution < 1.29 is 14.3 Å². The van der Waals surface area contributed by atoms with Crippen molar-refractivity contribution in [2.45, 2.75) is 44.0 Å². The van der Waals surface area contributed by atoms with E-state index in [0.717, 1.165) is 35.4 Å². The fourth-order valence-corrected chi connectivity index (χ4v) is 5.49. The van der Waals surface area contributed by atoms with Crippen LogP contribution in [0.1, 0.15) is 43.4 Å². The number of anilines is 1. The highest BCUT2D eigenvalue weighted by Gasteiger charge is 2.37. The number of hydrogen-bond donors (Lipinski definition) is 1. The number of carbonyl (C=O) groups excluding carboxylic acids is 1. The number of hydrogen-bond acceptors (Lipinski definition) is 7. The predicted molar refractivity (Wildman–Crippen MR) is 138 cm³/mol. The summed E-state index contributed by atoms with van der Waals surface area (Å²) in [4.78, 5) is 17.7. The van der Waals surface area contributed by atoms with E-state index in [1.807, 2.05) is 18.2 Å². The molecule has 1 aromatic heterocycles. The first kappa shape index (κ1) is 24.0. The zero-order chi connectivity index (χ0) is 24.5. The van der Waals surface area contributed by atoms with Crippen molar-refractivity contribution >= 4 is 46.7 Å². The number of nitrogens with zero attached hydrogens (tertiary/aromatic N) is 3. The normalized spacial score (nSPS) is 17.0. The standard InChI is InChI=1S/C25H24Cl2N4O3S/c1-3-35-25-29-24-28-18-8-5-9-19(32)22(18)23(31(24)30-25)14-10-11-20(21(12-14)33-2)34-13-15-16(26)6-4-7-17(15)27/h4,6-7,10-12,23H,3,5,8-9,13H2,1-2H3,(H,28,29,30). The fourth-order valence-electron chi connectivity index (χ4n) is 4.43. The molecule has 2 aromatic carbocycles. The first-order valence-corrected chi connectivity index (χ1v) is 13.1. The third kappa shape index (κ3) is 4.62. The van der Waals surface area contributed by atoms with Crippen LogP contribution in [0.5, 0.6) is 11.5 Å². The summed E-state index contributed by atoms with van der Waals surface area (Å²) in [6.07, 6.45) is 2.15. The Morgan fingerprint density at radius 3 is 2.71 bits per heavy atom. The second-order valence-electron chi connectivity index (χ2n) is 8.19. The summed E-state index contributed by atoms with van der Waals surface area (Å²) in [6, 6.07) is 10.6.